The summed E-state index contributed by atoms with van der Waals surface area (Å²) in [6.07, 6.45) is 0. The summed E-state index contributed by atoms with van der Waals surface area (Å²) in [7, 11) is -3.88. The largest absolute Gasteiger partial charge is 0.379 e. The molecule has 1 saturated heterocycles. The molecule has 1 amide bonds. The maximum absolute atomic E-state index is 13.7. The minimum Gasteiger partial charge on any atom is -0.379 e. The summed E-state index contributed by atoms with van der Waals surface area (Å²) in [4.78, 5) is 15.4. The molecule has 7 nitrogen and oxygen atoms in total. The molecule has 9 heteroatoms. The van der Waals surface area contributed by atoms with Crippen LogP contribution in [0.2, 0.25) is 5.02 Å². The number of carbonyl (C=O) groups excluding carboxylic acids is 1. The summed E-state index contributed by atoms with van der Waals surface area (Å²) in [6, 6.07) is 28.8. The van der Waals surface area contributed by atoms with Gasteiger partial charge in [-0.15, -0.1) is 0 Å². The minimum atomic E-state index is -3.88. The number of benzene rings is 4. The molecule has 42 heavy (non-hydrogen) atoms. The van der Waals surface area contributed by atoms with Crippen molar-refractivity contribution >= 4 is 33.2 Å². The third-order valence-electron chi connectivity index (χ3n) is 7.30. The molecule has 0 unspecified atom stereocenters. The molecular weight excluding hydrogens is 570 g/mol. The highest BCUT2D eigenvalue weighted by molar-refractivity contribution is 7.92. The van der Waals surface area contributed by atoms with E-state index in [0.717, 1.165) is 49.5 Å². The Bertz CT molecular complexity index is 1610. The average Bonchev–Trinajstić information content (AvgIpc) is 3.02. The highest BCUT2D eigenvalue weighted by atomic mass is 35.5. The molecule has 4 aromatic rings. The van der Waals surface area contributed by atoms with E-state index in [9.17, 15) is 13.2 Å². The third kappa shape index (κ3) is 7.38. The molecule has 0 spiro atoms. The summed E-state index contributed by atoms with van der Waals surface area (Å²) in [6.45, 7) is 6.67. The van der Waals surface area contributed by atoms with Gasteiger partial charge in [0.25, 0.3) is 15.9 Å². The number of carbonyl (C=O) groups is 1. The highest BCUT2D eigenvalue weighted by Gasteiger charge is 2.26. The number of ether oxygens (including phenoxy) is 1. The molecule has 1 fully saturated rings. The normalized spacial score (nSPS) is 14.0. The van der Waals surface area contributed by atoms with Crippen LogP contribution in [0.5, 0.6) is 0 Å². The van der Waals surface area contributed by atoms with Crippen molar-refractivity contribution in [2.45, 2.75) is 31.5 Å². The lowest BCUT2D eigenvalue weighted by atomic mass is 10.1. The average molecular weight is 604 g/mol. The van der Waals surface area contributed by atoms with E-state index in [0.29, 0.717) is 22.8 Å². The number of halogens is 1. The van der Waals surface area contributed by atoms with Crippen molar-refractivity contribution in [1.82, 2.24) is 10.2 Å². The first-order valence-electron chi connectivity index (χ1n) is 13.9. The van der Waals surface area contributed by atoms with Gasteiger partial charge in [0.1, 0.15) is 0 Å². The van der Waals surface area contributed by atoms with Crippen LogP contribution in [0, 0.1) is 6.92 Å². The van der Waals surface area contributed by atoms with E-state index in [1.54, 1.807) is 72.8 Å². The fourth-order valence-corrected chi connectivity index (χ4v) is 6.56. The van der Waals surface area contributed by atoms with Crippen LogP contribution in [0.25, 0.3) is 0 Å². The van der Waals surface area contributed by atoms with E-state index >= 15 is 0 Å². The summed E-state index contributed by atoms with van der Waals surface area (Å²) >= 11 is 6.26. The van der Waals surface area contributed by atoms with Gasteiger partial charge in [0.2, 0.25) is 0 Å². The van der Waals surface area contributed by atoms with Crippen LogP contribution in [-0.4, -0.2) is 45.5 Å². The Morgan fingerprint density at radius 1 is 0.881 bits per heavy atom. The number of sulfonamides is 1. The number of aryl methyl sites for hydroxylation is 1. The quantitative estimate of drug-likeness (QED) is 0.248. The number of nitrogens with zero attached hydrogens (tertiary/aromatic N) is 2. The molecule has 0 aromatic heterocycles. The lowest BCUT2D eigenvalue weighted by Crippen LogP contribution is -2.35. The maximum Gasteiger partial charge on any atom is 0.264 e. The van der Waals surface area contributed by atoms with Gasteiger partial charge in [-0.3, -0.25) is 14.0 Å². The zero-order chi connectivity index (χ0) is 29.5. The number of rotatable bonds is 10. The van der Waals surface area contributed by atoms with Crippen molar-refractivity contribution in [3.05, 3.63) is 130 Å². The maximum atomic E-state index is 13.7. The van der Waals surface area contributed by atoms with Gasteiger partial charge in [-0.1, -0.05) is 72.3 Å². The number of amides is 1. The number of hydrogen-bond acceptors (Lipinski definition) is 5. The molecule has 0 saturated carbocycles. The van der Waals surface area contributed by atoms with E-state index in [4.69, 9.17) is 16.3 Å². The Morgan fingerprint density at radius 3 is 2.21 bits per heavy atom. The van der Waals surface area contributed by atoms with Crippen molar-refractivity contribution in [1.29, 1.82) is 0 Å². The SMILES string of the molecule is Cc1ccc(Cl)cc1N(Cc1ccc(C(=O)NCc2ccc(CN3CCOCC3)cc2)cc1)S(=O)(=O)c1ccccc1. The Kier molecular flexibility index (Phi) is 9.59. The van der Waals surface area contributed by atoms with Gasteiger partial charge in [0.05, 0.1) is 30.3 Å². The second kappa shape index (κ2) is 13.5. The number of hydrogen-bond donors (Lipinski definition) is 1. The number of anilines is 1. The van der Waals surface area contributed by atoms with Crippen molar-refractivity contribution < 1.29 is 17.9 Å². The second-order valence-electron chi connectivity index (χ2n) is 10.3. The first-order chi connectivity index (χ1) is 20.3. The van der Waals surface area contributed by atoms with Crippen molar-refractivity contribution in [2.24, 2.45) is 0 Å². The fraction of sp³-hybridized carbons (Fsp3) is 0.242. The van der Waals surface area contributed by atoms with Crippen LogP contribution in [0.1, 0.15) is 32.6 Å². The minimum absolute atomic E-state index is 0.0805. The second-order valence-corrected chi connectivity index (χ2v) is 12.6. The first-order valence-corrected chi connectivity index (χ1v) is 15.7. The van der Waals surface area contributed by atoms with Crippen LogP contribution in [-0.2, 0) is 34.4 Å². The molecule has 1 aliphatic rings. The van der Waals surface area contributed by atoms with E-state index in [1.807, 2.05) is 19.1 Å². The van der Waals surface area contributed by atoms with Crippen LogP contribution in [0.15, 0.2) is 102 Å². The fourth-order valence-electron chi connectivity index (χ4n) is 4.86. The number of morpholine rings is 1. The molecule has 1 aliphatic heterocycles. The van der Waals surface area contributed by atoms with Gasteiger partial charge in [-0.25, -0.2) is 8.42 Å². The van der Waals surface area contributed by atoms with E-state index in [1.165, 1.54) is 9.87 Å². The van der Waals surface area contributed by atoms with Crippen molar-refractivity contribution in [2.75, 3.05) is 30.6 Å². The van der Waals surface area contributed by atoms with Crippen molar-refractivity contribution in [3.8, 4) is 0 Å². The molecule has 0 atom stereocenters. The Balaban J connectivity index is 1.25. The zero-order valence-electron chi connectivity index (χ0n) is 23.5. The Hall–Kier alpha value is -3.69. The number of nitrogens with one attached hydrogen (secondary N) is 1. The molecule has 0 radical (unpaired) electrons. The van der Waals surface area contributed by atoms with Gasteiger partial charge in [0, 0.05) is 36.8 Å². The summed E-state index contributed by atoms with van der Waals surface area (Å²) in [5.41, 5.74) is 4.77. The lowest BCUT2D eigenvalue weighted by molar-refractivity contribution is 0.0342. The Labute approximate surface area is 252 Å². The standard InChI is InChI=1S/C33H34ClN3O4S/c1-25-7-16-30(34)21-32(25)37(42(39,40)31-5-3-2-4-6-31)24-28-12-14-29(15-13-28)33(38)35-22-26-8-10-27(11-9-26)23-36-17-19-41-20-18-36/h2-16,21H,17-20,22-24H2,1H3,(H,35,38). The molecular formula is C33H34ClN3O4S. The molecule has 1 heterocycles. The van der Waals surface area contributed by atoms with Gasteiger partial charge >= 0.3 is 0 Å². The molecule has 0 aliphatic carbocycles. The highest BCUT2D eigenvalue weighted by Crippen LogP contribution is 2.31. The molecule has 0 bridgehead atoms. The van der Waals surface area contributed by atoms with Gasteiger partial charge in [0.15, 0.2) is 0 Å². The molecule has 218 valence electrons. The predicted octanol–water partition coefficient (Wildman–Crippen LogP) is 5.81. The molecule has 5 rings (SSSR count). The zero-order valence-corrected chi connectivity index (χ0v) is 25.1. The van der Waals surface area contributed by atoms with E-state index in [-0.39, 0.29) is 17.3 Å². The van der Waals surface area contributed by atoms with Crippen molar-refractivity contribution in [3.63, 3.8) is 0 Å². The van der Waals surface area contributed by atoms with E-state index < -0.39 is 10.0 Å². The topological polar surface area (TPSA) is 79.0 Å². The van der Waals surface area contributed by atoms with Crippen LogP contribution in [0.4, 0.5) is 5.69 Å². The summed E-state index contributed by atoms with van der Waals surface area (Å²) in [5.74, 6) is -0.196. The first kappa shape index (κ1) is 29.8. The summed E-state index contributed by atoms with van der Waals surface area (Å²) < 4.78 is 34.2. The smallest absolute Gasteiger partial charge is 0.264 e. The van der Waals surface area contributed by atoms with Crippen LogP contribution in [0.3, 0.4) is 0 Å². The third-order valence-corrected chi connectivity index (χ3v) is 9.31. The molecule has 1 N–H and O–H groups in total. The summed E-state index contributed by atoms with van der Waals surface area (Å²) in [5, 5.41) is 3.42. The van der Waals surface area contributed by atoms with Gasteiger partial charge in [-0.2, -0.15) is 0 Å². The predicted molar refractivity (Wildman–Crippen MR) is 166 cm³/mol. The Morgan fingerprint density at radius 2 is 1.52 bits per heavy atom. The van der Waals surface area contributed by atoms with Gasteiger partial charge in [-0.05, 0) is 65.6 Å². The molecule has 4 aromatic carbocycles. The van der Waals surface area contributed by atoms with Gasteiger partial charge < -0.3 is 10.1 Å². The monoisotopic (exact) mass is 603 g/mol. The van der Waals surface area contributed by atoms with E-state index in [2.05, 4.69) is 22.3 Å². The lowest BCUT2D eigenvalue weighted by Gasteiger charge is -2.26. The van der Waals surface area contributed by atoms with Crippen LogP contribution < -0.4 is 9.62 Å². The van der Waals surface area contributed by atoms with Crippen LogP contribution >= 0.6 is 11.6 Å².